The number of carbonyl (C=O) groups excluding carboxylic acids is 2. The van der Waals surface area contributed by atoms with Crippen LogP contribution in [0.2, 0.25) is 0 Å². The van der Waals surface area contributed by atoms with Crippen LogP contribution in [0.4, 0.5) is 4.79 Å². The van der Waals surface area contributed by atoms with Gasteiger partial charge in [-0.25, -0.2) is 18.7 Å². The molecule has 0 bridgehead atoms. The lowest BCUT2D eigenvalue weighted by Gasteiger charge is -2.27. The van der Waals surface area contributed by atoms with Crippen LogP contribution >= 0.6 is 0 Å². The molecule has 2 heterocycles. The van der Waals surface area contributed by atoms with E-state index in [0.717, 1.165) is 23.1 Å². The smallest absolute Gasteiger partial charge is 0.328 e. The monoisotopic (exact) mass is 501 g/mol. The van der Waals surface area contributed by atoms with Gasteiger partial charge in [-0.1, -0.05) is 24.0 Å². The van der Waals surface area contributed by atoms with E-state index in [1.807, 2.05) is 51.1 Å². The minimum absolute atomic E-state index is 0.0307. The van der Waals surface area contributed by atoms with Gasteiger partial charge in [-0.05, 0) is 57.9 Å². The molecule has 3 rings (SSSR count). The van der Waals surface area contributed by atoms with E-state index in [9.17, 15) is 18.0 Å². The lowest BCUT2D eigenvalue weighted by molar-refractivity contribution is -0.131. The summed E-state index contributed by atoms with van der Waals surface area (Å²) >= 11 is 0. The van der Waals surface area contributed by atoms with Gasteiger partial charge in [-0.15, -0.1) is 0 Å². The molecule has 10 heteroatoms. The number of aromatic nitrogens is 1. The standard InChI is InChI=1S/C25H31N3O6S/c1-6-34-24(2,3)20-11-9-18(10-12-20)7-8-19-15-21-17-27(23(30)28(21)16-19)14-13-25(4,22(29)26-31)35(5,32)33/h9-12,15-16,31H,6,13-14,17H2,1-5H3,(H,26,29)/t25-/m1/s1. The first-order valence-electron chi connectivity index (χ1n) is 11.2. The highest BCUT2D eigenvalue weighted by molar-refractivity contribution is 7.92. The quantitative estimate of drug-likeness (QED) is 0.326. The fourth-order valence-electron chi connectivity index (χ4n) is 3.94. The lowest BCUT2D eigenvalue weighted by atomic mass is 9.97. The summed E-state index contributed by atoms with van der Waals surface area (Å²) < 4.78 is 29.7. The van der Waals surface area contributed by atoms with E-state index in [2.05, 4.69) is 11.8 Å². The number of nitrogens with one attached hydrogen (secondary N) is 1. The number of sulfone groups is 1. The van der Waals surface area contributed by atoms with Crippen molar-refractivity contribution in [3.8, 4) is 11.8 Å². The van der Waals surface area contributed by atoms with Crippen LogP contribution in [0.5, 0.6) is 0 Å². The third-order valence-corrected chi connectivity index (χ3v) is 8.45. The Morgan fingerprint density at radius 3 is 2.34 bits per heavy atom. The van der Waals surface area contributed by atoms with Gasteiger partial charge in [0.05, 0.1) is 12.1 Å². The third kappa shape index (κ3) is 5.42. The minimum atomic E-state index is -3.84. The molecule has 9 nitrogen and oxygen atoms in total. The summed E-state index contributed by atoms with van der Waals surface area (Å²) in [6.45, 7) is 8.15. The molecule has 35 heavy (non-hydrogen) atoms. The highest BCUT2D eigenvalue weighted by atomic mass is 32.2. The van der Waals surface area contributed by atoms with Crippen molar-refractivity contribution in [3.63, 3.8) is 0 Å². The second-order valence-electron chi connectivity index (χ2n) is 9.26. The van der Waals surface area contributed by atoms with Crippen LogP contribution in [0.15, 0.2) is 36.5 Å². The summed E-state index contributed by atoms with van der Waals surface area (Å²) in [7, 11) is -3.84. The van der Waals surface area contributed by atoms with Crippen LogP contribution in [-0.4, -0.2) is 59.2 Å². The van der Waals surface area contributed by atoms with Crippen molar-refractivity contribution in [1.82, 2.24) is 14.9 Å². The van der Waals surface area contributed by atoms with Crippen molar-refractivity contribution in [3.05, 3.63) is 58.9 Å². The number of hydroxylamine groups is 1. The van der Waals surface area contributed by atoms with Crippen LogP contribution in [0.3, 0.4) is 0 Å². The molecule has 1 aliphatic heterocycles. The van der Waals surface area contributed by atoms with Crippen LogP contribution in [0, 0.1) is 11.8 Å². The number of ether oxygens (including phenoxy) is 1. The van der Waals surface area contributed by atoms with Gasteiger partial charge in [-0.3, -0.25) is 14.6 Å². The van der Waals surface area contributed by atoms with Gasteiger partial charge in [0.1, 0.15) is 0 Å². The zero-order valence-corrected chi connectivity index (χ0v) is 21.4. The fourth-order valence-corrected chi connectivity index (χ4v) is 4.79. The predicted molar refractivity (Wildman–Crippen MR) is 131 cm³/mol. The molecule has 2 amide bonds. The first kappa shape index (κ1) is 26.5. The second-order valence-corrected chi connectivity index (χ2v) is 11.7. The average Bonchev–Trinajstić information content (AvgIpc) is 3.33. The van der Waals surface area contributed by atoms with Crippen molar-refractivity contribution in [1.29, 1.82) is 0 Å². The molecule has 1 aliphatic rings. The SMILES string of the molecule is CCOC(C)(C)c1ccc(C#Cc2cc3n(c2)C(=O)N(CC[C@](C)(C(=O)NO)S(C)(=O)=O)C3)cc1. The van der Waals surface area contributed by atoms with Crippen molar-refractivity contribution in [2.45, 2.75) is 51.0 Å². The molecule has 0 fully saturated rings. The Hall–Kier alpha value is -3.13. The Kier molecular flexibility index (Phi) is 7.45. The molecule has 1 aromatic heterocycles. The van der Waals surface area contributed by atoms with Crippen molar-refractivity contribution < 1.29 is 28.0 Å². The average molecular weight is 502 g/mol. The molecule has 0 radical (unpaired) electrons. The summed E-state index contributed by atoms with van der Waals surface area (Å²) in [6.07, 6.45) is 2.42. The molecule has 0 aliphatic carbocycles. The van der Waals surface area contributed by atoms with Gasteiger partial charge in [-0.2, -0.15) is 0 Å². The predicted octanol–water partition coefficient (Wildman–Crippen LogP) is 2.64. The zero-order chi connectivity index (χ0) is 26.0. The van der Waals surface area contributed by atoms with E-state index in [-0.39, 0.29) is 31.1 Å². The maximum absolute atomic E-state index is 12.8. The molecule has 1 atom stereocenters. The largest absolute Gasteiger partial charge is 0.371 e. The molecule has 1 aromatic carbocycles. The second kappa shape index (κ2) is 9.85. The number of carbonyl (C=O) groups is 2. The van der Waals surface area contributed by atoms with Crippen LogP contribution < -0.4 is 5.48 Å². The number of hydrogen-bond acceptors (Lipinski definition) is 6. The highest BCUT2D eigenvalue weighted by Crippen LogP contribution is 2.26. The van der Waals surface area contributed by atoms with Gasteiger partial charge in [0, 0.05) is 42.4 Å². The normalized spacial score (nSPS) is 15.3. The summed E-state index contributed by atoms with van der Waals surface area (Å²) in [6, 6.07) is 9.33. The summed E-state index contributed by atoms with van der Waals surface area (Å²) in [5, 5.41) is 8.95. The number of fused-ring (bicyclic) bond motifs is 1. The molecule has 0 saturated heterocycles. The zero-order valence-electron chi connectivity index (χ0n) is 20.6. The van der Waals surface area contributed by atoms with Crippen LogP contribution in [0.1, 0.15) is 56.5 Å². The van der Waals surface area contributed by atoms with Crippen molar-refractivity contribution in [2.24, 2.45) is 0 Å². The highest BCUT2D eigenvalue weighted by Gasteiger charge is 2.44. The molecule has 188 valence electrons. The Labute approximate surface area is 205 Å². The van der Waals surface area contributed by atoms with Crippen LogP contribution in [-0.2, 0) is 31.5 Å². The van der Waals surface area contributed by atoms with E-state index in [0.29, 0.717) is 12.2 Å². The lowest BCUT2D eigenvalue weighted by Crippen LogP contribution is -2.50. The molecular weight excluding hydrogens is 470 g/mol. The van der Waals surface area contributed by atoms with Crippen molar-refractivity contribution in [2.75, 3.05) is 19.4 Å². The maximum atomic E-state index is 12.8. The van der Waals surface area contributed by atoms with E-state index in [1.54, 1.807) is 6.20 Å². The van der Waals surface area contributed by atoms with Gasteiger partial charge < -0.3 is 9.64 Å². The van der Waals surface area contributed by atoms with Gasteiger partial charge >= 0.3 is 6.03 Å². The van der Waals surface area contributed by atoms with Gasteiger partial charge in [0.2, 0.25) is 0 Å². The Bertz CT molecular complexity index is 1280. The van der Waals surface area contributed by atoms with E-state index < -0.39 is 20.5 Å². The number of rotatable bonds is 8. The number of nitrogens with zero attached hydrogens (tertiary/aromatic N) is 2. The maximum Gasteiger partial charge on any atom is 0.328 e. The van der Waals surface area contributed by atoms with E-state index in [4.69, 9.17) is 9.94 Å². The Morgan fingerprint density at radius 2 is 1.80 bits per heavy atom. The topological polar surface area (TPSA) is 118 Å². The third-order valence-electron chi connectivity index (χ3n) is 6.42. The molecule has 0 unspecified atom stereocenters. The van der Waals surface area contributed by atoms with Crippen LogP contribution in [0.25, 0.3) is 0 Å². The first-order valence-corrected chi connectivity index (χ1v) is 13.1. The number of benzene rings is 1. The summed E-state index contributed by atoms with van der Waals surface area (Å²) in [4.78, 5) is 26.3. The minimum Gasteiger partial charge on any atom is -0.371 e. The van der Waals surface area contributed by atoms with E-state index in [1.165, 1.54) is 21.9 Å². The Balaban J connectivity index is 1.69. The van der Waals surface area contributed by atoms with Crippen molar-refractivity contribution >= 4 is 21.8 Å². The van der Waals surface area contributed by atoms with Gasteiger partial charge in [0.25, 0.3) is 5.91 Å². The first-order chi connectivity index (χ1) is 16.3. The van der Waals surface area contributed by atoms with Gasteiger partial charge in [0.15, 0.2) is 14.6 Å². The molecule has 2 aromatic rings. The molecule has 0 saturated carbocycles. The molecule has 0 spiro atoms. The van der Waals surface area contributed by atoms with E-state index >= 15 is 0 Å². The molecule has 2 N–H and O–H groups in total. The summed E-state index contributed by atoms with van der Waals surface area (Å²) in [5.41, 5.74) is 4.34. The Morgan fingerprint density at radius 1 is 1.17 bits per heavy atom. The molecular formula is C25H31N3O6S. The summed E-state index contributed by atoms with van der Waals surface area (Å²) in [5.74, 6) is 5.15. The fraction of sp³-hybridized carbons (Fsp3) is 0.440. The number of amides is 2. The number of hydrogen-bond donors (Lipinski definition) is 2.